The molecule has 0 saturated carbocycles. The van der Waals surface area contributed by atoms with Gasteiger partial charge >= 0.3 is 0 Å². The summed E-state index contributed by atoms with van der Waals surface area (Å²) in [6, 6.07) is 7.21. The summed E-state index contributed by atoms with van der Waals surface area (Å²) in [5.74, 6) is -0.191. The molecule has 0 aliphatic carbocycles. The van der Waals surface area contributed by atoms with Gasteiger partial charge in [0.1, 0.15) is 0 Å². The Labute approximate surface area is 122 Å². The molecule has 1 aromatic heterocycles. The third kappa shape index (κ3) is 3.82. The second-order valence-corrected chi connectivity index (χ2v) is 5.76. The van der Waals surface area contributed by atoms with E-state index in [9.17, 15) is 4.79 Å². The number of nitrogens with one attached hydrogen (secondary N) is 1. The van der Waals surface area contributed by atoms with Crippen molar-refractivity contribution in [2.45, 2.75) is 19.4 Å². The number of rotatable bonds is 4. The number of hydrogen-bond donors (Lipinski definition) is 2. The fourth-order valence-corrected chi connectivity index (χ4v) is 1.71. The monoisotopic (exact) mass is 292 g/mol. The molecule has 0 spiro atoms. The Kier molecular flexibility index (Phi) is 4.11. The Morgan fingerprint density at radius 3 is 2.65 bits per heavy atom. The summed E-state index contributed by atoms with van der Waals surface area (Å²) < 4.78 is 1.62. The number of aromatic nitrogens is 2. The lowest BCUT2D eigenvalue weighted by Crippen LogP contribution is -2.45. The highest BCUT2D eigenvalue weighted by molar-refractivity contribution is 6.30. The summed E-state index contributed by atoms with van der Waals surface area (Å²) in [4.78, 5) is 11.9. The van der Waals surface area contributed by atoms with Gasteiger partial charge in [-0.25, -0.2) is 4.68 Å². The van der Waals surface area contributed by atoms with Crippen LogP contribution in [-0.2, 0) is 0 Å². The largest absolute Gasteiger partial charge is 0.350 e. The molecule has 0 saturated heterocycles. The Balaban J connectivity index is 2.09. The van der Waals surface area contributed by atoms with Gasteiger partial charge in [-0.1, -0.05) is 11.6 Å². The molecule has 1 heterocycles. The fraction of sp³-hybridized carbons (Fsp3) is 0.286. The predicted octanol–water partition coefficient (Wildman–Crippen LogP) is 1.99. The van der Waals surface area contributed by atoms with Gasteiger partial charge in [0.25, 0.3) is 5.91 Å². The molecule has 0 aliphatic rings. The number of nitrogens with two attached hydrogens (primary N) is 1. The van der Waals surface area contributed by atoms with E-state index in [0.717, 1.165) is 5.69 Å². The van der Waals surface area contributed by atoms with Crippen molar-refractivity contribution >= 4 is 17.5 Å². The quantitative estimate of drug-likeness (QED) is 0.905. The molecule has 0 radical (unpaired) electrons. The van der Waals surface area contributed by atoms with Gasteiger partial charge in [0.2, 0.25) is 0 Å². The van der Waals surface area contributed by atoms with Crippen molar-refractivity contribution in [2.24, 2.45) is 5.73 Å². The molecule has 0 bridgehead atoms. The maximum absolute atomic E-state index is 11.9. The standard InChI is InChI=1S/C14H17ClN4O/c1-14(2,16)9-17-13(20)10-7-18-19(8-10)12-5-3-11(15)4-6-12/h3-8H,9,16H2,1-2H3,(H,17,20). The van der Waals surface area contributed by atoms with E-state index in [-0.39, 0.29) is 5.91 Å². The summed E-state index contributed by atoms with van der Waals surface area (Å²) >= 11 is 5.83. The molecule has 5 nitrogen and oxygen atoms in total. The van der Waals surface area contributed by atoms with Crippen LogP contribution in [0.5, 0.6) is 0 Å². The van der Waals surface area contributed by atoms with E-state index < -0.39 is 5.54 Å². The molecule has 0 fully saturated rings. The Bertz CT molecular complexity index is 598. The summed E-state index contributed by atoms with van der Waals surface area (Å²) in [7, 11) is 0. The normalized spacial score (nSPS) is 11.4. The van der Waals surface area contributed by atoms with Crippen LogP contribution in [0.15, 0.2) is 36.7 Å². The molecule has 0 aliphatic heterocycles. The fourth-order valence-electron chi connectivity index (χ4n) is 1.59. The maximum atomic E-state index is 11.9. The number of halogens is 1. The van der Waals surface area contributed by atoms with Crippen LogP contribution >= 0.6 is 11.6 Å². The maximum Gasteiger partial charge on any atom is 0.254 e. The summed E-state index contributed by atoms with van der Waals surface area (Å²) in [5.41, 5.74) is 6.71. The van der Waals surface area contributed by atoms with E-state index in [1.165, 1.54) is 6.20 Å². The number of benzene rings is 1. The zero-order valence-corrected chi connectivity index (χ0v) is 12.2. The zero-order valence-electron chi connectivity index (χ0n) is 11.4. The van der Waals surface area contributed by atoms with E-state index >= 15 is 0 Å². The summed E-state index contributed by atoms with van der Waals surface area (Å²) in [6.45, 7) is 4.10. The number of hydrogen-bond acceptors (Lipinski definition) is 3. The van der Waals surface area contributed by atoms with Crippen molar-refractivity contribution in [3.8, 4) is 5.69 Å². The first-order chi connectivity index (χ1) is 9.35. The van der Waals surface area contributed by atoms with Gasteiger partial charge in [0.15, 0.2) is 0 Å². The molecular weight excluding hydrogens is 276 g/mol. The summed E-state index contributed by atoms with van der Waals surface area (Å²) in [6.07, 6.45) is 3.19. The molecule has 6 heteroatoms. The minimum atomic E-state index is -0.443. The molecule has 2 aromatic rings. The highest BCUT2D eigenvalue weighted by Crippen LogP contribution is 2.13. The number of amides is 1. The smallest absolute Gasteiger partial charge is 0.254 e. The Morgan fingerprint density at radius 1 is 1.40 bits per heavy atom. The van der Waals surface area contributed by atoms with Gasteiger partial charge in [-0.15, -0.1) is 0 Å². The number of carbonyl (C=O) groups is 1. The van der Waals surface area contributed by atoms with Crippen LogP contribution in [0.2, 0.25) is 5.02 Å². The second kappa shape index (κ2) is 5.64. The predicted molar refractivity (Wildman–Crippen MR) is 79.2 cm³/mol. The van der Waals surface area contributed by atoms with Gasteiger partial charge < -0.3 is 11.1 Å². The van der Waals surface area contributed by atoms with Crippen molar-refractivity contribution in [1.82, 2.24) is 15.1 Å². The van der Waals surface area contributed by atoms with E-state index in [0.29, 0.717) is 17.1 Å². The lowest BCUT2D eigenvalue weighted by Gasteiger charge is -2.18. The van der Waals surface area contributed by atoms with Crippen LogP contribution in [0.3, 0.4) is 0 Å². The van der Waals surface area contributed by atoms with Crippen LogP contribution < -0.4 is 11.1 Å². The van der Waals surface area contributed by atoms with Crippen molar-refractivity contribution in [3.63, 3.8) is 0 Å². The van der Waals surface area contributed by atoms with Gasteiger partial charge in [-0.2, -0.15) is 5.10 Å². The third-order valence-corrected chi connectivity index (χ3v) is 2.89. The molecule has 0 unspecified atom stereocenters. The molecule has 2 rings (SSSR count). The van der Waals surface area contributed by atoms with E-state index in [1.807, 2.05) is 26.0 Å². The van der Waals surface area contributed by atoms with Gasteiger partial charge in [-0.3, -0.25) is 4.79 Å². The zero-order chi connectivity index (χ0) is 14.8. The van der Waals surface area contributed by atoms with Gasteiger partial charge in [-0.05, 0) is 38.1 Å². The van der Waals surface area contributed by atoms with Crippen LogP contribution in [0.25, 0.3) is 5.69 Å². The Hall–Kier alpha value is -1.85. The number of carbonyl (C=O) groups excluding carboxylic acids is 1. The molecule has 3 N–H and O–H groups in total. The molecule has 0 atom stereocenters. The highest BCUT2D eigenvalue weighted by atomic mass is 35.5. The van der Waals surface area contributed by atoms with Crippen LogP contribution in [0.1, 0.15) is 24.2 Å². The van der Waals surface area contributed by atoms with Gasteiger partial charge in [0, 0.05) is 23.3 Å². The lowest BCUT2D eigenvalue weighted by atomic mass is 10.1. The minimum Gasteiger partial charge on any atom is -0.350 e. The molecular formula is C14H17ClN4O. The summed E-state index contributed by atoms with van der Waals surface area (Å²) in [5, 5.41) is 7.59. The van der Waals surface area contributed by atoms with Crippen LogP contribution in [0, 0.1) is 0 Å². The van der Waals surface area contributed by atoms with E-state index in [2.05, 4.69) is 10.4 Å². The van der Waals surface area contributed by atoms with E-state index in [1.54, 1.807) is 23.0 Å². The van der Waals surface area contributed by atoms with Crippen LogP contribution in [-0.4, -0.2) is 27.8 Å². The van der Waals surface area contributed by atoms with Gasteiger partial charge in [0.05, 0.1) is 17.4 Å². The molecule has 1 amide bonds. The molecule has 106 valence electrons. The first kappa shape index (κ1) is 14.6. The average Bonchev–Trinajstić information content (AvgIpc) is 2.85. The molecule has 1 aromatic carbocycles. The first-order valence-corrected chi connectivity index (χ1v) is 6.61. The third-order valence-electron chi connectivity index (χ3n) is 2.64. The van der Waals surface area contributed by atoms with Crippen molar-refractivity contribution in [3.05, 3.63) is 47.2 Å². The highest BCUT2D eigenvalue weighted by Gasteiger charge is 2.14. The average molecular weight is 293 g/mol. The SMILES string of the molecule is CC(C)(N)CNC(=O)c1cnn(-c2ccc(Cl)cc2)c1. The minimum absolute atomic E-state index is 0.191. The van der Waals surface area contributed by atoms with Crippen molar-refractivity contribution in [2.75, 3.05) is 6.54 Å². The van der Waals surface area contributed by atoms with Crippen LogP contribution in [0.4, 0.5) is 0 Å². The van der Waals surface area contributed by atoms with E-state index in [4.69, 9.17) is 17.3 Å². The van der Waals surface area contributed by atoms with Crippen molar-refractivity contribution < 1.29 is 4.79 Å². The van der Waals surface area contributed by atoms with Crippen molar-refractivity contribution in [1.29, 1.82) is 0 Å². The molecule has 20 heavy (non-hydrogen) atoms. The lowest BCUT2D eigenvalue weighted by molar-refractivity contribution is 0.0946. The topological polar surface area (TPSA) is 72.9 Å². The first-order valence-electron chi connectivity index (χ1n) is 6.23. The second-order valence-electron chi connectivity index (χ2n) is 5.32. The Morgan fingerprint density at radius 2 is 2.05 bits per heavy atom. The number of nitrogens with zero attached hydrogens (tertiary/aromatic N) is 2.